The Morgan fingerprint density at radius 3 is 2.40 bits per heavy atom. The van der Waals surface area contributed by atoms with E-state index in [1.54, 1.807) is 25.7 Å². The molecule has 8 nitrogen and oxygen atoms in total. The van der Waals surface area contributed by atoms with Gasteiger partial charge in [0.1, 0.15) is 5.69 Å². The first-order chi connectivity index (χ1) is 14.2. The monoisotopic (exact) mass is 432 g/mol. The Bertz CT molecular complexity index is 695. The van der Waals surface area contributed by atoms with E-state index in [-0.39, 0.29) is 5.91 Å². The summed E-state index contributed by atoms with van der Waals surface area (Å²) in [7, 11) is 1.75. The number of halogens is 3. The van der Waals surface area contributed by atoms with Crippen molar-refractivity contribution < 1.29 is 32.6 Å². The number of ether oxygens (including phenoxy) is 1. The lowest BCUT2D eigenvalue weighted by molar-refractivity contribution is -0.192. The van der Waals surface area contributed by atoms with E-state index in [1.807, 2.05) is 4.90 Å². The lowest BCUT2D eigenvalue weighted by Crippen LogP contribution is -2.51. The van der Waals surface area contributed by atoms with Crippen LogP contribution in [0.4, 0.5) is 13.2 Å². The minimum Gasteiger partial charge on any atom is -0.475 e. The molecule has 3 heterocycles. The van der Waals surface area contributed by atoms with Crippen molar-refractivity contribution in [3.63, 3.8) is 0 Å². The smallest absolute Gasteiger partial charge is 0.475 e. The molecule has 168 valence electrons. The largest absolute Gasteiger partial charge is 0.490 e. The first-order valence-corrected chi connectivity index (χ1v) is 9.73. The number of piperidine rings is 2. The molecule has 2 aliphatic rings. The Balaban J connectivity index is 0.000000396. The van der Waals surface area contributed by atoms with Crippen molar-refractivity contribution in [1.82, 2.24) is 19.8 Å². The lowest BCUT2D eigenvalue weighted by atomic mass is 9.72. The molecule has 1 amide bonds. The molecule has 1 aromatic heterocycles. The van der Waals surface area contributed by atoms with Gasteiger partial charge in [0.15, 0.2) is 0 Å². The second-order valence-corrected chi connectivity index (χ2v) is 7.56. The van der Waals surface area contributed by atoms with Gasteiger partial charge in [0.25, 0.3) is 5.91 Å². The summed E-state index contributed by atoms with van der Waals surface area (Å²) in [5, 5.41) is 7.12. The molecule has 1 N–H and O–H groups in total. The highest BCUT2D eigenvalue weighted by Gasteiger charge is 2.40. The van der Waals surface area contributed by atoms with Crippen molar-refractivity contribution in [3.05, 3.63) is 24.3 Å². The number of carbonyl (C=O) groups is 2. The molecule has 0 radical (unpaired) electrons. The average molecular weight is 432 g/mol. The fourth-order valence-corrected chi connectivity index (χ4v) is 3.83. The van der Waals surface area contributed by atoms with Crippen LogP contribution in [0.3, 0.4) is 0 Å². The standard InChI is InChI=1S/C17H26N4O2.C2HF3O2/c1-23-12-11-20-9-4-17(5-10-20)3-2-8-21(14-17)16(22)15-13-18-6-7-19-15;3-2(4,5)1(6)7/h6-7,13H,2-5,8-12,14H2,1H3;(H,6,7). The van der Waals surface area contributed by atoms with Gasteiger partial charge < -0.3 is 19.6 Å². The van der Waals surface area contributed by atoms with Crippen LogP contribution in [0.5, 0.6) is 0 Å². The third-order valence-electron chi connectivity index (χ3n) is 5.50. The zero-order valence-electron chi connectivity index (χ0n) is 16.9. The Labute approximate surface area is 173 Å². The van der Waals surface area contributed by atoms with E-state index in [4.69, 9.17) is 14.6 Å². The molecule has 0 aliphatic carbocycles. The van der Waals surface area contributed by atoms with Crippen LogP contribution in [0.2, 0.25) is 0 Å². The summed E-state index contributed by atoms with van der Waals surface area (Å²) >= 11 is 0. The number of nitrogens with zero attached hydrogens (tertiary/aromatic N) is 4. The molecular weight excluding hydrogens is 405 g/mol. The van der Waals surface area contributed by atoms with Crippen molar-refractivity contribution >= 4 is 11.9 Å². The van der Waals surface area contributed by atoms with Gasteiger partial charge in [-0.3, -0.25) is 9.78 Å². The van der Waals surface area contributed by atoms with Crippen LogP contribution < -0.4 is 0 Å². The molecule has 0 unspecified atom stereocenters. The molecular formula is C19H27F3N4O4. The minimum absolute atomic E-state index is 0.0268. The molecule has 2 aliphatic heterocycles. The molecule has 1 aromatic rings. The van der Waals surface area contributed by atoms with E-state index in [2.05, 4.69) is 14.9 Å². The molecule has 30 heavy (non-hydrogen) atoms. The van der Waals surface area contributed by atoms with E-state index >= 15 is 0 Å². The van der Waals surface area contributed by atoms with Gasteiger partial charge in [0.05, 0.1) is 12.8 Å². The number of aromatic nitrogens is 2. The number of carboxylic acid groups (broad SMARTS) is 1. The van der Waals surface area contributed by atoms with Crippen molar-refractivity contribution in [2.45, 2.75) is 31.9 Å². The number of hydrogen-bond donors (Lipinski definition) is 1. The minimum atomic E-state index is -5.08. The van der Waals surface area contributed by atoms with Gasteiger partial charge >= 0.3 is 12.1 Å². The van der Waals surface area contributed by atoms with Crippen LogP contribution in [0.1, 0.15) is 36.2 Å². The fourth-order valence-electron chi connectivity index (χ4n) is 3.83. The van der Waals surface area contributed by atoms with Gasteiger partial charge in [-0.05, 0) is 44.2 Å². The van der Waals surface area contributed by atoms with Gasteiger partial charge in [-0.1, -0.05) is 0 Å². The highest BCUT2D eigenvalue weighted by Crippen LogP contribution is 2.40. The molecule has 1 spiro atoms. The molecule has 0 atom stereocenters. The number of hydrogen-bond acceptors (Lipinski definition) is 6. The first-order valence-electron chi connectivity index (χ1n) is 9.73. The summed E-state index contributed by atoms with van der Waals surface area (Å²) in [6, 6.07) is 0. The van der Waals surface area contributed by atoms with Crippen LogP contribution in [0.25, 0.3) is 0 Å². The van der Waals surface area contributed by atoms with Gasteiger partial charge in [-0.25, -0.2) is 9.78 Å². The zero-order valence-corrected chi connectivity index (χ0v) is 16.9. The predicted molar refractivity (Wildman–Crippen MR) is 101 cm³/mol. The molecule has 3 rings (SSSR count). The number of carboxylic acids is 1. The predicted octanol–water partition coefficient (Wildman–Crippen LogP) is 2.07. The summed E-state index contributed by atoms with van der Waals surface area (Å²) in [4.78, 5) is 34.2. The second-order valence-electron chi connectivity index (χ2n) is 7.56. The maximum Gasteiger partial charge on any atom is 0.490 e. The Hall–Kier alpha value is -2.27. The summed E-state index contributed by atoms with van der Waals surface area (Å²) in [5.41, 5.74) is 0.752. The first kappa shape index (κ1) is 24.0. The Kier molecular flexibility index (Phi) is 8.54. The summed E-state index contributed by atoms with van der Waals surface area (Å²) in [6.07, 6.45) is 4.32. The number of likely N-dealkylation sites (tertiary alicyclic amines) is 2. The van der Waals surface area contributed by atoms with Gasteiger partial charge in [0, 0.05) is 39.1 Å². The van der Waals surface area contributed by atoms with Gasteiger partial charge in [-0.2, -0.15) is 13.2 Å². The van der Waals surface area contributed by atoms with E-state index in [0.29, 0.717) is 11.1 Å². The molecule has 11 heteroatoms. The van der Waals surface area contributed by atoms with Crippen molar-refractivity contribution in [2.75, 3.05) is 46.4 Å². The molecule has 0 aromatic carbocycles. The van der Waals surface area contributed by atoms with E-state index < -0.39 is 12.1 Å². The number of amides is 1. The normalized spacial score (nSPS) is 19.1. The van der Waals surface area contributed by atoms with Gasteiger partial charge in [-0.15, -0.1) is 0 Å². The fraction of sp³-hybridized carbons (Fsp3) is 0.684. The van der Waals surface area contributed by atoms with Crippen molar-refractivity contribution in [2.24, 2.45) is 5.41 Å². The average Bonchev–Trinajstić information content (AvgIpc) is 2.73. The number of methoxy groups -OCH3 is 1. The van der Waals surface area contributed by atoms with Gasteiger partial charge in [0.2, 0.25) is 0 Å². The summed E-state index contributed by atoms with van der Waals surface area (Å²) in [5.74, 6) is -2.73. The lowest BCUT2D eigenvalue weighted by Gasteiger charge is -2.47. The Morgan fingerprint density at radius 2 is 1.87 bits per heavy atom. The maximum atomic E-state index is 12.6. The molecule has 2 saturated heterocycles. The quantitative estimate of drug-likeness (QED) is 0.778. The number of aliphatic carboxylic acids is 1. The number of carbonyl (C=O) groups excluding carboxylic acids is 1. The topological polar surface area (TPSA) is 95.9 Å². The highest BCUT2D eigenvalue weighted by molar-refractivity contribution is 5.92. The SMILES string of the molecule is COCCN1CCC2(CCCN(C(=O)c3cnccn3)C2)CC1.O=C(O)C(F)(F)F. The summed E-state index contributed by atoms with van der Waals surface area (Å²) < 4.78 is 36.9. The van der Waals surface area contributed by atoms with Crippen LogP contribution in [-0.4, -0.2) is 89.4 Å². The molecule has 2 fully saturated rings. The van der Waals surface area contributed by atoms with Crippen LogP contribution in [0.15, 0.2) is 18.6 Å². The van der Waals surface area contributed by atoms with Crippen molar-refractivity contribution in [3.8, 4) is 0 Å². The van der Waals surface area contributed by atoms with Crippen LogP contribution in [0, 0.1) is 5.41 Å². The Morgan fingerprint density at radius 1 is 1.20 bits per heavy atom. The third-order valence-corrected chi connectivity index (χ3v) is 5.50. The van der Waals surface area contributed by atoms with E-state index in [0.717, 1.165) is 45.8 Å². The van der Waals surface area contributed by atoms with E-state index in [9.17, 15) is 18.0 Å². The summed E-state index contributed by atoms with van der Waals surface area (Å²) in [6.45, 7) is 5.72. The zero-order chi connectivity index (χ0) is 22.2. The third kappa shape index (κ3) is 6.91. The highest BCUT2D eigenvalue weighted by atomic mass is 19.4. The van der Waals surface area contributed by atoms with Crippen LogP contribution in [-0.2, 0) is 9.53 Å². The molecule has 0 saturated carbocycles. The van der Waals surface area contributed by atoms with E-state index in [1.165, 1.54) is 19.3 Å². The van der Waals surface area contributed by atoms with Crippen molar-refractivity contribution in [1.29, 1.82) is 0 Å². The van der Waals surface area contributed by atoms with Crippen LogP contribution >= 0.6 is 0 Å². The second kappa shape index (κ2) is 10.7. The number of alkyl halides is 3. The number of rotatable bonds is 4. The maximum absolute atomic E-state index is 12.6. The molecule has 0 bridgehead atoms.